The van der Waals surface area contributed by atoms with Crippen LogP contribution in [-0.2, 0) is 12.8 Å². The maximum Gasteiger partial charge on any atom is 0.0363 e. The predicted molar refractivity (Wildman–Crippen MR) is 87.1 cm³/mol. The summed E-state index contributed by atoms with van der Waals surface area (Å²) in [5.41, 5.74) is 5.61. The number of hydrogen-bond acceptors (Lipinski definition) is 1. The maximum absolute atomic E-state index is 3.64. The standard InChI is InChI=1S/C19H25N/c1-4-17-8-6-7-9-18(17)19(20-5-2)14-16-12-10-15(3)11-13-16/h6-13,19-20H,4-5,14H2,1-3H3. The molecule has 2 aromatic carbocycles. The van der Waals surface area contributed by atoms with Crippen molar-refractivity contribution in [1.82, 2.24) is 5.32 Å². The first-order chi connectivity index (χ1) is 9.74. The number of benzene rings is 2. The van der Waals surface area contributed by atoms with Gasteiger partial charge in [0.25, 0.3) is 0 Å². The smallest absolute Gasteiger partial charge is 0.0363 e. The highest BCUT2D eigenvalue weighted by molar-refractivity contribution is 5.32. The van der Waals surface area contributed by atoms with E-state index in [1.807, 2.05) is 0 Å². The first-order valence-corrected chi connectivity index (χ1v) is 7.61. The SMILES string of the molecule is CCNC(Cc1ccc(C)cc1)c1ccccc1CC. The number of rotatable bonds is 6. The van der Waals surface area contributed by atoms with Crippen molar-refractivity contribution in [2.75, 3.05) is 6.54 Å². The van der Waals surface area contributed by atoms with Gasteiger partial charge in [-0.1, -0.05) is 67.9 Å². The van der Waals surface area contributed by atoms with Crippen LogP contribution in [0, 0.1) is 6.92 Å². The fraction of sp³-hybridized carbons (Fsp3) is 0.368. The average molecular weight is 267 g/mol. The van der Waals surface area contributed by atoms with Gasteiger partial charge in [0.15, 0.2) is 0 Å². The van der Waals surface area contributed by atoms with E-state index in [2.05, 4.69) is 74.6 Å². The summed E-state index contributed by atoms with van der Waals surface area (Å²) in [4.78, 5) is 0. The first-order valence-electron chi connectivity index (χ1n) is 7.61. The zero-order valence-corrected chi connectivity index (χ0v) is 12.8. The molecule has 106 valence electrons. The molecule has 0 aliphatic heterocycles. The van der Waals surface area contributed by atoms with Gasteiger partial charge in [0.1, 0.15) is 0 Å². The number of aryl methyl sites for hydroxylation is 2. The lowest BCUT2D eigenvalue weighted by Gasteiger charge is -2.21. The summed E-state index contributed by atoms with van der Waals surface area (Å²) >= 11 is 0. The molecule has 1 nitrogen and oxygen atoms in total. The van der Waals surface area contributed by atoms with Gasteiger partial charge in [0.05, 0.1) is 0 Å². The Morgan fingerprint density at radius 3 is 2.30 bits per heavy atom. The van der Waals surface area contributed by atoms with Crippen molar-refractivity contribution < 1.29 is 0 Å². The van der Waals surface area contributed by atoms with Crippen LogP contribution in [0.5, 0.6) is 0 Å². The van der Waals surface area contributed by atoms with Crippen LogP contribution >= 0.6 is 0 Å². The van der Waals surface area contributed by atoms with Crippen LogP contribution in [0.25, 0.3) is 0 Å². The molecule has 0 bridgehead atoms. The van der Waals surface area contributed by atoms with Crippen molar-refractivity contribution in [3.63, 3.8) is 0 Å². The van der Waals surface area contributed by atoms with Gasteiger partial charge in [0, 0.05) is 6.04 Å². The van der Waals surface area contributed by atoms with Crippen LogP contribution in [0.3, 0.4) is 0 Å². The van der Waals surface area contributed by atoms with E-state index in [0.29, 0.717) is 6.04 Å². The topological polar surface area (TPSA) is 12.0 Å². The maximum atomic E-state index is 3.64. The van der Waals surface area contributed by atoms with Crippen molar-refractivity contribution in [3.05, 3.63) is 70.8 Å². The van der Waals surface area contributed by atoms with Crippen LogP contribution in [0.4, 0.5) is 0 Å². The second kappa shape index (κ2) is 7.25. The number of hydrogen-bond donors (Lipinski definition) is 1. The Morgan fingerprint density at radius 2 is 1.65 bits per heavy atom. The van der Waals surface area contributed by atoms with Crippen molar-refractivity contribution in [2.45, 2.75) is 39.7 Å². The summed E-state index contributed by atoms with van der Waals surface area (Å²) < 4.78 is 0. The van der Waals surface area contributed by atoms with Gasteiger partial charge in [-0.2, -0.15) is 0 Å². The third-order valence-corrected chi connectivity index (χ3v) is 3.82. The molecule has 2 aromatic rings. The van der Waals surface area contributed by atoms with E-state index in [4.69, 9.17) is 0 Å². The van der Waals surface area contributed by atoms with Crippen LogP contribution < -0.4 is 5.32 Å². The minimum atomic E-state index is 0.402. The number of nitrogens with one attached hydrogen (secondary N) is 1. The van der Waals surface area contributed by atoms with Gasteiger partial charge in [-0.15, -0.1) is 0 Å². The quantitative estimate of drug-likeness (QED) is 0.815. The van der Waals surface area contributed by atoms with Gasteiger partial charge in [-0.25, -0.2) is 0 Å². The molecule has 1 atom stereocenters. The Balaban J connectivity index is 2.24. The first kappa shape index (κ1) is 14.8. The Hall–Kier alpha value is -1.60. The normalized spacial score (nSPS) is 12.3. The highest BCUT2D eigenvalue weighted by atomic mass is 14.9. The van der Waals surface area contributed by atoms with Crippen molar-refractivity contribution in [3.8, 4) is 0 Å². The Kier molecular flexibility index (Phi) is 5.37. The Bertz CT molecular complexity index is 528. The van der Waals surface area contributed by atoms with E-state index >= 15 is 0 Å². The van der Waals surface area contributed by atoms with Gasteiger partial charge >= 0.3 is 0 Å². The summed E-state index contributed by atoms with van der Waals surface area (Å²) in [5, 5.41) is 3.64. The van der Waals surface area contributed by atoms with Crippen LogP contribution in [0.2, 0.25) is 0 Å². The summed E-state index contributed by atoms with van der Waals surface area (Å²) in [7, 11) is 0. The molecule has 0 radical (unpaired) electrons. The molecule has 0 aliphatic rings. The highest BCUT2D eigenvalue weighted by Crippen LogP contribution is 2.22. The molecule has 0 aliphatic carbocycles. The largest absolute Gasteiger partial charge is 0.310 e. The molecule has 2 rings (SSSR count). The van der Waals surface area contributed by atoms with Crippen LogP contribution in [-0.4, -0.2) is 6.54 Å². The summed E-state index contributed by atoms with van der Waals surface area (Å²) in [6.07, 6.45) is 2.14. The van der Waals surface area contributed by atoms with E-state index in [-0.39, 0.29) is 0 Å². The fourth-order valence-electron chi connectivity index (χ4n) is 2.69. The van der Waals surface area contributed by atoms with E-state index in [0.717, 1.165) is 19.4 Å². The van der Waals surface area contributed by atoms with Crippen LogP contribution in [0.1, 0.15) is 42.1 Å². The predicted octanol–water partition coefficient (Wildman–Crippen LogP) is 4.45. The van der Waals surface area contributed by atoms with E-state index in [1.54, 1.807) is 0 Å². The minimum absolute atomic E-state index is 0.402. The van der Waals surface area contributed by atoms with Gasteiger partial charge < -0.3 is 5.32 Å². The van der Waals surface area contributed by atoms with Crippen molar-refractivity contribution in [2.24, 2.45) is 0 Å². The fourth-order valence-corrected chi connectivity index (χ4v) is 2.69. The summed E-state index contributed by atoms with van der Waals surface area (Å²) in [6, 6.07) is 18.1. The molecule has 1 heteroatoms. The third kappa shape index (κ3) is 3.71. The Labute approximate surface area is 123 Å². The van der Waals surface area contributed by atoms with Gasteiger partial charge in [-0.05, 0) is 43.0 Å². The third-order valence-electron chi connectivity index (χ3n) is 3.82. The molecular formula is C19H25N. The average Bonchev–Trinajstić information content (AvgIpc) is 2.49. The van der Waals surface area contributed by atoms with E-state index < -0.39 is 0 Å². The summed E-state index contributed by atoms with van der Waals surface area (Å²) in [5.74, 6) is 0. The van der Waals surface area contributed by atoms with Crippen LogP contribution in [0.15, 0.2) is 48.5 Å². The Morgan fingerprint density at radius 1 is 0.950 bits per heavy atom. The van der Waals surface area contributed by atoms with Crippen molar-refractivity contribution >= 4 is 0 Å². The molecule has 0 saturated heterocycles. The zero-order valence-electron chi connectivity index (χ0n) is 12.8. The molecule has 0 aromatic heterocycles. The molecule has 0 fully saturated rings. The van der Waals surface area contributed by atoms with Gasteiger partial charge in [0.2, 0.25) is 0 Å². The molecule has 0 saturated carbocycles. The van der Waals surface area contributed by atoms with Crippen molar-refractivity contribution in [1.29, 1.82) is 0 Å². The summed E-state index contributed by atoms with van der Waals surface area (Å²) in [6.45, 7) is 7.54. The van der Waals surface area contributed by atoms with E-state index in [9.17, 15) is 0 Å². The van der Waals surface area contributed by atoms with E-state index in [1.165, 1.54) is 22.3 Å². The minimum Gasteiger partial charge on any atom is -0.310 e. The van der Waals surface area contributed by atoms with Gasteiger partial charge in [-0.3, -0.25) is 0 Å². The monoisotopic (exact) mass is 267 g/mol. The lowest BCUT2D eigenvalue weighted by Crippen LogP contribution is -2.24. The molecule has 0 heterocycles. The molecular weight excluding hydrogens is 242 g/mol. The molecule has 1 unspecified atom stereocenters. The lowest BCUT2D eigenvalue weighted by molar-refractivity contribution is 0.546. The molecule has 0 amide bonds. The highest BCUT2D eigenvalue weighted by Gasteiger charge is 2.13. The molecule has 20 heavy (non-hydrogen) atoms. The lowest BCUT2D eigenvalue weighted by atomic mass is 9.93. The zero-order chi connectivity index (χ0) is 14.4. The second-order valence-electron chi connectivity index (χ2n) is 5.35. The number of likely N-dealkylation sites (N-methyl/N-ethyl adjacent to an activating group) is 1. The second-order valence-corrected chi connectivity index (χ2v) is 5.35. The molecule has 0 spiro atoms. The molecule has 1 N–H and O–H groups in total.